The zero-order chi connectivity index (χ0) is 33.2. The molecule has 1 fully saturated rings. The Morgan fingerprint density at radius 1 is 0.750 bits per heavy atom. The second kappa shape index (κ2) is 11.5. The van der Waals surface area contributed by atoms with Crippen molar-refractivity contribution in [3.63, 3.8) is 0 Å². The molecule has 244 valence electrons. The highest BCUT2D eigenvalue weighted by molar-refractivity contribution is 6.31. The molecule has 0 unspecified atom stereocenters. The molecule has 2 aliphatic heterocycles. The number of fused-ring (bicyclic) bond motifs is 8. The number of hydrogen-bond donors (Lipinski definition) is 0. The molecular weight excluding hydrogens is 622 g/mol. The third kappa shape index (κ3) is 4.57. The van der Waals surface area contributed by atoms with Gasteiger partial charge in [-0.1, -0.05) is 61.9 Å². The maximum atomic E-state index is 7.49. The van der Waals surface area contributed by atoms with Crippen molar-refractivity contribution in [3.05, 3.63) is 118 Å². The van der Waals surface area contributed by atoms with Crippen LogP contribution in [0.3, 0.4) is 0 Å². The highest BCUT2D eigenvalue weighted by Gasteiger charge is 2.44. The molecule has 0 saturated carbocycles. The summed E-state index contributed by atoms with van der Waals surface area (Å²) in [6.07, 6.45) is 4.44. The van der Waals surface area contributed by atoms with Crippen LogP contribution < -0.4 is 23.8 Å². The van der Waals surface area contributed by atoms with Crippen LogP contribution in [0.2, 0.25) is 5.02 Å². The summed E-state index contributed by atoms with van der Waals surface area (Å²) in [5.41, 5.74) is 7.67. The lowest BCUT2D eigenvalue weighted by Gasteiger charge is -2.39. The van der Waals surface area contributed by atoms with Crippen molar-refractivity contribution in [1.29, 1.82) is 0 Å². The summed E-state index contributed by atoms with van der Waals surface area (Å²) in [5, 5.41) is 2.84. The molecule has 0 N–H and O–H groups in total. The molecule has 0 aromatic heterocycles. The highest BCUT2D eigenvalue weighted by Crippen LogP contribution is 2.59. The van der Waals surface area contributed by atoms with Crippen LogP contribution in [0, 0.1) is 0 Å². The fourth-order valence-electron chi connectivity index (χ4n) is 7.84. The van der Waals surface area contributed by atoms with Crippen molar-refractivity contribution in [2.45, 2.75) is 24.9 Å². The lowest BCUT2D eigenvalue weighted by Crippen LogP contribution is -2.36. The SMILES string of the molecule is COc1ccc(C2(c3ccc(OC)cc3)C=Cc3c4c(c5cc(N6CCOCC6)c(OC)cc5c3O2)-c2ccc(Cl)cc2C4(C)C)cc1. The van der Waals surface area contributed by atoms with E-state index in [-0.39, 0.29) is 5.41 Å². The van der Waals surface area contributed by atoms with Crippen LogP contribution in [0.4, 0.5) is 5.69 Å². The number of halogens is 1. The van der Waals surface area contributed by atoms with Crippen LogP contribution >= 0.6 is 11.6 Å². The smallest absolute Gasteiger partial charge is 0.178 e. The van der Waals surface area contributed by atoms with Crippen molar-refractivity contribution in [1.82, 2.24) is 0 Å². The van der Waals surface area contributed by atoms with Gasteiger partial charge < -0.3 is 28.6 Å². The van der Waals surface area contributed by atoms with E-state index in [1.807, 2.05) is 30.3 Å². The number of anilines is 1. The second-order valence-corrected chi connectivity index (χ2v) is 13.5. The fraction of sp³-hybridized carbons (Fsp3) is 0.268. The number of ether oxygens (including phenoxy) is 5. The van der Waals surface area contributed by atoms with Crippen LogP contribution in [0.15, 0.2) is 84.9 Å². The minimum absolute atomic E-state index is 0.333. The molecule has 8 rings (SSSR count). The third-order valence-corrected chi connectivity index (χ3v) is 10.5. The zero-order valence-electron chi connectivity index (χ0n) is 27.9. The number of morpholine rings is 1. The van der Waals surface area contributed by atoms with Gasteiger partial charge in [-0.3, -0.25) is 0 Å². The molecule has 3 aliphatic rings. The van der Waals surface area contributed by atoms with Gasteiger partial charge in [-0.15, -0.1) is 0 Å². The van der Waals surface area contributed by atoms with E-state index in [1.165, 1.54) is 22.3 Å². The minimum Gasteiger partial charge on any atom is -0.497 e. The van der Waals surface area contributed by atoms with Crippen LogP contribution in [-0.2, 0) is 15.8 Å². The Kier molecular flexibility index (Phi) is 7.35. The summed E-state index contributed by atoms with van der Waals surface area (Å²) >= 11 is 6.65. The summed E-state index contributed by atoms with van der Waals surface area (Å²) in [4.78, 5) is 2.36. The largest absolute Gasteiger partial charge is 0.497 e. The molecule has 0 radical (unpaired) electrons. The Balaban J connectivity index is 1.44. The van der Waals surface area contributed by atoms with Crippen molar-refractivity contribution >= 4 is 34.1 Å². The van der Waals surface area contributed by atoms with Gasteiger partial charge in [0, 0.05) is 45.6 Å². The molecule has 2 heterocycles. The summed E-state index contributed by atoms with van der Waals surface area (Å²) in [7, 11) is 5.10. The lowest BCUT2D eigenvalue weighted by atomic mass is 9.76. The van der Waals surface area contributed by atoms with Gasteiger partial charge in [0.2, 0.25) is 0 Å². The van der Waals surface area contributed by atoms with Gasteiger partial charge in [-0.2, -0.15) is 0 Å². The molecule has 0 atom stereocenters. The molecule has 48 heavy (non-hydrogen) atoms. The Morgan fingerprint density at radius 2 is 1.40 bits per heavy atom. The maximum absolute atomic E-state index is 7.49. The van der Waals surface area contributed by atoms with Gasteiger partial charge in [0.25, 0.3) is 0 Å². The van der Waals surface area contributed by atoms with Gasteiger partial charge in [0.1, 0.15) is 23.0 Å². The topological polar surface area (TPSA) is 49.4 Å². The van der Waals surface area contributed by atoms with Gasteiger partial charge in [-0.05, 0) is 82.2 Å². The first-order valence-electron chi connectivity index (χ1n) is 16.3. The summed E-state index contributed by atoms with van der Waals surface area (Å²) in [6, 6.07) is 27.0. The van der Waals surface area contributed by atoms with E-state index >= 15 is 0 Å². The molecule has 0 spiro atoms. The Bertz CT molecular complexity index is 2030. The molecule has 5 aromatic rings. The zero-order valence-corrected chi connectivity index (χ0v) is 28.6. The number of benzene rings is 5. The van der Waals surface area contributed by atoms with Crippen LogP contribution in [0.1, 0.15) is 41.7 Å². The number of methoxy groups -OCH3 is 3. The average Bonchev–Trinajstić information content (AvgIpc) is 3.37. The van der Waals surface area contributed by atoms with E-state index < -0.39 is 5.60 Å². The van der Waals surface area contributed by atoms with E-state index in [1.54, 1.807) is 21.3 Å². The molecule has 1 aliphatic carbocycles. The third-order valence-electron chi connectivity index (χ3n) is 10.3. The van der Waals surface area contributed by atoms with E-state index in [4.69, 9.17) is 35.3 Å². The highest BCUT2D eigenvalue weighted by atomic mass is 35.5. The molecule has 6 nitrogen and oxygen atoms in total. The second-order valence-electron chi connectivity index (χ2n) is 13.1. The Labute approximate surface area is 286 Å². The van der Waals surface area contributed by atoms with Crippen LogP contribution in [0.25, 0.3) is 28.0 Å². The number of nitrogens with zero attached hydrogens (tertiary/aromatic N) is 1. The predicted octanol–water partition coefficient (Wildman–Crippen LogP) is 9.01. The summed E-state index contributed by atoms with van der Waals surface area (Å²) < 4.78 is 30.4. The van der Waals surface area contributed by atoms with Gasteiger partial charge in [-0.25, -0.2) is 0 Å². The predicted molar refractivity (Wildman–Crippen MR) is 193 cm³/mol. The molecular formula is C41H38ClNO5. The van der Waals surface area contributed by atoms with Crippen molar-refractivity contribution in [2.24, 2.45) is 0 Å². The van der Waals surface area contributed by atoms with Gasteiger partial charge in [0.15, 0.2) is 5.60 Å². The van der Waals surface area contributed by atoms with Crippen LogP contribution in [0.5, 0.6) is 23.0 Å². The molecule has 0 bridgehead atoms. The van der Waals surface area contributed by atoms with Crippen molar-refractivity contribution < 1.29 is 23.7 Å². The first kappa shape index (κ1) is 30.7. The van der Waals surface area contributed by atoms with E-state index in [0.29, 0.717) is 13.2 Å². The lowest BCUT2D eigenvalue weighted by molar-refractivity contribution is 0.122. The van der Waals surface area contributed by atoms with E-state index in [9.17, 15) is 0 Å². The number of rotatable bonds is 6. The van der Waals surface area contributed by atoms with Crippen molar-refractivity contribution in [2.75, 3.05) is 52.5 Å². The van der Waals surface area contributed by atoms with E-state index in [2.05, 4.69) is 79.4 Å². The average molecular weight is 660 g/mol. The monoisotopic (exact) mass is 659 g/mol. The quantitative estimate of drug-likeness (QED) is 0.181. The molecule has 1 saturated heterocycles. The Hall–Kier alpha value is -4.65. The fourth-order valence-corrected chi connectivity index (χ4v) is 8.01. The minimum atomic E-state index is -0.929. The van der Waals surface area contributed by atoms with Crippen LogP contribution in [-0.4, -0.2) is 47.6 Å². The standard InChI is InChI=1S/C41H38ClNO5/c1-40(2)34-22-27(42)10-15-30(34)37-32-23-35(43-18-20-47-21-19-43)36(46-5)24-33(32)39-31(38(37)40)16-17-41(48-39,25-6-11-28(44-3)12-7-25)26-8-13-29(45-4)14-9-26/h6-17,22-24H,18-21H2,1-5H3. The van der Waals surface area contributed by atoms with Crippen molar-refractivity contribution in [3.8, 4) is 34.1 Å². The summed E-state index contributed by atoms with van der Waals surface area (Å²) in [6.45, 7) is 7.52. The maximum Gasteiger partial charge on any atom is 0.178 e. The normalized spacial score (nSPS) is 16.9. The molecule has 5 aromatic carbocycles. The first-order chi connectivity index (χ1) is 23.3. The molecule has 7 heteroatoms. The van der Waals surface area contributed by atoms with E-state index in [0.717, 1.165) is 74.3 Å². The van der Waals surface area contributed by atoms with Gasteiger partial charge >= 0.3 is 0 Å². The summed E-state index contributed by atoms with van der Waals surface area (Å²) in [5.74, 6) is 3.19. The number of hydrogen-bond acceptors (Lipinski definition) is 6. The Morgan fingerprint density at radius 3 is 2.00 bits per heavy atom. The molecule has 0 amide bonds. The first-order valence-corrected chi connectivity index (χ1v) is 16.7. The van der Waals surface area contributed by atoms with Gasteiger partial charge in [0.05, 0.1) is 40.2 Å².